The van der Waals surface area contributed by atoms with Crippen LogP contribution in [0.2, 0.25) is 0 Å². The Hall–Kier alpha value is -3.75. The zero-order chi connectivity index (χ0) is 25.8. The first kappa shape index (κ1) is 25.3. The van der Waals surface area contributed by atoms with Crippen molar-refractivity contribution in [2.45, 2.75) is 57.7 Å². The summed E-state index contributed by atoms with van der Waals surface area (Å²) in [5, 5.41) is 7.68. The molecule has 2 aromatic heterocycles. The number of carbonyl (C=O) groups excluding carboxylic acids is 1. The first-order valence-corrected chi connectivity index (χ1v) is 12.2. The average molecular weight is 495 g/mol. The third-order valence-electron chi connectivity index (χ3n) is 6.79. The van der Waals surface area contributed by atoms with E-state index in [4.69, 9.17) is 14.2 Å². The third-order valence-corrected chi connectivity index (χ3v) is 6.79. The number of esters is 1. The molecule has 0 bridgehead atoms. The Morgan fingerprint density at radius 1 is 1.11 bits per heavy atom. The summed E-state index contributed by atoms with van der Waals surface area (Å²) < 4.78 is 20.0. The lowest BCUT2D eigenvalue weighted by Gasteiger charge is -2.36. The van der Waals surface area contributed by atoms with Gasteiger partial charge in [0.25, 0.3) is 5.56 Å². The predicted molar refractivity (Wildman–Crippen MR) is 138 cm³/mol. The van der Waals surface area contributed by atoms with E-state index < -0.39 is 0 Å². The van der Waals surface area contributed by atoms with E-state index in [1.165, 1.54) is 6.92 Å². The van der Waals surface area contributed by atoms with E-state index in [0.717, 1.165) is 29.5 Å². The van der Waals surface area contributed by atoms with Crippen LogP contribution in [0.15, 0.2) is 47.7 Å². The smallest absolute Gasteiger partial charge is 0.302 e. The number of nitrogens with one attached hydrogen (secondary N) is 1. The van der Waals surface area contributed by atoms with Crippen LogP contribution in [0.3, 0.4) is 0 Å². The topological polar surface area (TPSA) is 96.6 Å². The van der Waals surface area contributed by atoms with Crippen molar-refractivity contribution in [2.75, 3.05) is 19.5 Å². The summed E-state index contributed by atoms with van der Waals surface area (Å²) in [5.41, 5.74) is 3.32. The summed E-state index contributed by atoms with van der Waals surface area (Å²) in [6.07, 6.45) is 7.40. The van der Waals surface area contributed by atoms with Gasteiger partial charge in [-0.25, -0.2) is 0 Å². The second-order valence-corrected chi connectivity index (χ2v) is 9.16. The maximum atomic E-state index is 13.2. The number of aromatic nitrogens is 3. The first-order chi connectivity index (χ1) is 17.3. The lowest BCUT2D eigenvalue weighted by molar-refractivity contribution is -0.148. The quantitative estimate of drug-likeness (QED) is 0.474. The molecule has 0 aliphatic heterocycles. The van der Waals surface area contributed by atoms with Crippen molar-refractivity contribution in [1.29, 1.82) is 0 Å². The molecule has 0 spiro atoms. The molecule has 2 heterocycles. The molecule has 3 aromatic rings. The molecule has 3 unspecified atom stereocenters. The molecule has 0 saturated heterocycles. The van der Waals surface area contributed by atoms with E-state index >= 15 is 0 Å². The maximum Gasteiger partial charge on any atom is 0.302 e. The number of hydrogen-bond acceptors (Lipinski definition) is 7. The van der Waals surface area contributed by atoms with Gasteiger partial charge in [0.05, 0.1) is 26.5 Å². The van der Waals surface area contributed by atoms with Crippen LogP contribution < -0.4 is 20.3 Å². The van der Waals surface area contributed by atoms with E-state index in [2.05, 4.69) is 10.4 Å². The Labute approximate surface area is 211 Å². The molecule has 9 heteroatoms. The zero-order valence-electron chi connectivity index (χ0n) is 21.5. The monoisotopic (exact) mass is 494 g/mol. The lowest BCUT2D eigenvalue weighted by Crippen LogP contribution is -2.43. The maximum absolute atomic E-state index is 13.2. The fraction of sp³-hybridized carbons (Fsp3) is 0.444. The van der Waals surface area contributed by atoms with Gasteiger partial charge >= 0.3 is 5.97 Å². The Morgan fingerprint density at radius 3 is 2.53 bits per heavy atom. The largest absolute Gasteiger partial charge is 0.493 e. The van der Waals surface area contributed by atoms with Crippen LogP contribution >= 0.6 is 0 Å². The summed E-state index contributed by atoms with van der Waals surface area (Å²) >= 11 is 0. The Bertz CT molecular complexity index is 1280. The molecule has 3 atom stereocenters. The Kier molecular flexibility index (Phi) is 7.67. The van der Waals surface area contributed by atoms with Gasteiger partial charge in [0.1, 0.15) is 11.8 Å². The highest BCUT2D eigenvalue weighted by Gasteiger charge is 2.34. The summed E-state index contributed by atoms with van der Waals surface area (Å²) in [4.78, 5) is 25.1. The fourth-order valence-corrected chi connectivity index (χ4v) is 4.95. The number of nitrogens with zero attached hydrogens (tertiary/aromatic N) is 3. The van der Waals surface area contributed by atoms with E-state index in [0.29, 0.717) is 30.2 Å². The van der Waals surface area contributed by atoms with Crippen molar-refractivity contribution in [3.05, 3.63) is 58.8 Å². The number of anilines is 1. The molecule has 9 nitrogen and oxygen atoms in total. The first-order valence-electron chi connectivity index (χ1n) is 12.2. The highest BCUT2D eigenvalue weighted by atomic mass is 16.5. The van der Waals surface area contributed by atoms with Crippen molar-refractivity contribution in [3.8, 4) is 22.6 Å². The molecule has 192 valence electrons. The van der Waals surface area contributed by atoms with Gasteiger partial charge in [-0.2, -0.15) is 5.10 Å². The number of methoxy groups -OCH3 is 2. The van der Waals surface area contributed by atoms with Crippen LogP contribution in [0.1, 0.15) is 44.6 Å². The zero-order valence-corrected chi connectivity index (χ0v) is 21.5. The molecule has 36 heavy (non-hydrogen) atoms. The number of pyridine rings is 1. The van der Waals surface area contributed by atoms with Crippen molar-refractivity contribution in [3.63, 3.8) is 0 Å². The fourth-order valence-electron chi connectivity index (χ4n) is 4.95. The summed E-state index contributed by atoms with van der Waals surface area (Å²) in [6, 6.07) is 7.58. The number of ether oxygens (including phenoxy) is 3. The molecular formula is C27H34N4O5. The average Bonchev–Trinajstić information content (AvgIpc) is 3.31. The summed E-state index contributed by atoms with van der Waals surface area (Å²) in [7, 11) is 5.09. The SMILES string of the molecule is CCn1cc(-c2cnn(C)c2)cc(NC2CCC(c3ccc(OC)c(OC)c3)CC2OC(C)=O)c1=O. The highest BCUT2D eigenvalue weighted by molar-refractivity contribution is 5.67. The number of hydrogen-bond donors (Lipinski definition) is 1. The number of benzene rings is 1. The second kappa shape index (κ2) is 10.9. The van der Waals surface area contributed by atoms with Gasteiger partial charge in [0, 0.05) is 44.0 Å². The molecule has 0 radical (unpaired) electrons. The normalized spacial score (nSPS) is 19.5. The number of rotatable bonds is 8. The lowest BCUT2D eigenvalue weighted by atomic mass is 9.79. The summed E-state index contributed by atoms with van der Waals surface area (Å²) in [6.45, 7) is 3.90. The van der Waals surface area contributed by atoms with Crippen molar-refractivity contribution in [2.24, 2.45) is 7.05 Å². The highest BCUT2D eigenvalue weighted by Crippen LogP contribution is 2.39. The molecule has 1 aliphatic rings. The van der Waals surface area contributed by atoms with Crippen LogP contribution in [0, 0.1) is 0 Å². The third kappa shape index (κ3) is 5.40. The minimum Gasteiger partial charge on any atom is -0.493 e. The van der Waals surface area contributed by atoms with E-state index in [-0.39, 0.29) is 29.6 Å². The van der Waals surface area contributed by atoms with Gasteiger partial charge < -0.3 is 24.1 Å². The van der Waals surface area contributed by atoms with Crippen LogP contribution in [0.25, 0.3) is 11.1 Å². The Morgan fingerprint density at radius 2 is 1.89 bits per heavy atom. The molecule has 1 aromatic carbocycles. The molecule has 1 aliphatic carbocycles. The molecule has 0 amide bonds. The van der Waals surface area contributed by atoms with Gasteiger partial charge in [-0.1, -0.05) is 6.07 Å². The van der Waals surface area contributed by atoms with Gasteiger partial charge in [0.2, 0.25) is 0 Å². The van der Waals surface area contributed by atoms with Gasteiger partial charge in [-0.05, 0) is 55.9 Å². The Balaban J connectivity index is 1.60. The minimum absolute atomic E-state index is 0.103. The second-order valence-electron chi connectivity index (χ2n) is 9.16. The van der Waals surface area contributed by atoms with Gasteiger partial charge in [-0.15, -0.1) is 0 Å². The summed E-state index contributed by atoms with van der Waals surface area (Å²) in [5.74, 6) is 1.19. The molecular weight excluding hydrogens is 460 g/mol. The van der Waals surface area contributed by atoms with Crippen LogP contribution in [0.5, 0.6) is 11.5 Å². The standard InChI is InChI=1S/C27H34N4O5/c1-6-31-16-20(21-14-28-30(3)15-21)11-23(27(31)33)29-22-9-7-18(12-25(22)36-17(2)32)19-8-10-24(34-4)26(13-19)35-5/h8,10-11,13-16,18,22,25,29H,6-7,9,12H2,1-5H3. The predicted octanol–water partition coefficient (Wildman–Crippen LogP) is 3.97. The van der Waals surface area contributed by atoms with Crippen molar-refractivity contribution >= 4 is 11.7 Å². The van der Waals surface area contributed by atoms with Crippen molar-refractivity contribution < 1.29 is 19.0 Å². The molecule has 1 fully saturated rings. The van der Waals surface area contributed by atoms with Gasteiger partial charge in [0.15, 0.2) is 11.5 Å². The van der Waals surface area contributed by atoms with Crippen LogP contribution in [-0.2, 0) is 23.1 Å². The molecule has 1 saturated carbocycles. The molecule has 4 rings (SSSR count). The van der Waals surface area contributed by atoms with E-state index in [9.17, 15) is 9.59 Å². The van der Waals surface area contributed by atoms with E-state index in [1.807, 2.05) is 50.6 Å². The van der Waals surface area contributed by atoms with Crippen LogP contribution in [0.4, 0.5) is 5.69 Å². The van der Waals surface area contributed by atoms with Gasteiger partial charge in [-0.3, -0.25) is 14.3 Å². The number of carbonyl (C=O) groups is 1. The molecule has 1 N–H and O–H groups in total. The number of aryl methyl sites for hydroxylation is 2. The minimum atomic E-state index is -0.383. The van der Waals surface area contributed by atoms with Crippen molar-refractivity contribution in [1.82, 2.24) is 14.3 Å². The van der Waals surface area contributed by atoms with Crippen LogP contribution in [-0.4, -0.2) is 46.7 Å². The van der Waals surface area contributed by atoms with E-state index in [1.54, 1.807) is 29.7 Å².